The molecule has 0 atom stereocenters. The number of carboxylic acid groups (broad SMARTS) is 2. The highest BCUT2D eigenvalue weighted by atomic mass is 16.4. The van der Waals surface area contributed by atoms with E-state index < -0.39 is 11.9 Å². The Morgan fingerprint density at radius 1 is 1.00 bits per heavy atom. The van der Waals surface area contributed by atoms with Gasteiger partial charge in [0.25, 0.3) is 0 Å². The van der Waals surface area contributed by atoms with Gasteiger partial charge >= 0.3 is 11.9 Å². The van der Waals surface area contributed by atoms with Crippen LogP contribution < -0.4 is 0 Å². The van der Waals surface area contributed by atoms with Crippen LogP contribution in [0.1, 0.15) is 0 Å². The molecule has 0 spiro atoms. The molecule has 10 heavy (non-hydrogen) atoms. The topological polar surface area (TPSA) is 91.7 Å². The fourth-order valence-corrected chi connectivity index (χ4v) is 0.143. The Hall–Kier alpha value is -1.65. The molecule has 0 heterocycles. The number of carbonyl (C=O) groups is 3. The van der Waals surface area contributed by atoms with Crippen molar-refractivity contribution < 1.29 is 24.6 Å². The van der Waals surface area contributed by atoms with Crippen LogP contribution in [0.4, 0.5) is 0 Å². The van der Waals surface area contributed by atoms with E-state index in [-0.39, 0.29) is 0 Å². The van der Waals surface area contributed by atoms with Crippen LogP contribution >= 0.6 is 0 Å². The van der Waals surface area contributed by atoms with Gasteiger partial charge in [-0.15, -0.1) is 0 Å². The zero-order chi connectivity index (χ0) is 8.57. The van der Waals surface area contributed by atoms with Gasteiger partial charge in [0, 0.05) is 12.2 Å². The number of rotatable bonds is 2. The van der Waals surface area contributed by atoms with Crippen LogP contribution in [0.2, 0.25) is 0 Å². The predicted molar refractivity (Wildman–Crippen MR) is 31.5 cm³/mol. The zero-order valence-electron chi connectivity index (χ0n) is 4.98. The van der Waals surface area contributed by atoms with Gasteiger partial charge in [-0.2, -0.15) is 0 Å². The van der Waals surface area contributed by atoms with E-state index >= 15 is 0 Å². The Bertz CT molecular complexity index is 132. The molecule has 0 aromatic heterocycles. The second-order valence-electron chi connectivity index (χ2n) is 1.01. The van der Waals surface area contributed by atoms with Gasteiger partial charge in [-0.1, -0.05) is 0 Å². The van der Waals surface area contributed by atoms with E-state index in [1.165, 1.54) is 0 Å². The highest BCUT2D eigenvalue weighted by molar-refractivity contribution is 5.89. The summed E-state index contributed by atoms with van der Waals surface area (Å²) in [5.74, 6) is -2.51. The van der Waals surface area contributed by atoms with Crippen molar-refractivity contribution in [3.8, 4) is 0 Å². The first-order valence-corrected chi connectivity index (χ1v) is 2.05. The smallest absolute Gasteiger partial charge is 0.328 e. The lowest BCUT2D eigenvalue weighted by atomic mass is 10.5. The molecule has 0 radical (unpaired) electrons. The molecule has 0 fully saturated rings. The maximum absolute atomic E-state index is 9.55. The molecule has 0 aliphatic rings. The van der Waals surface area contributed by atoms with Crippen molar-refractivity contribution in [2.24, 2.45) is 0 Å². The summed E-state index contributed by atoms with van der Waals surface area (Å²) in [4.78, 5) is 27.1. The van der Waals surface area contributed by atoms with Gasteiger partial charge in [0.1, 0.15) is 6.79 Å². The maximum Gasteiger partial charge on any atom is 0.328 e. The minimum Gasteiger partial charge on any atom is -0.478 e. The van der Waals surface area contributed by atoms with Crippen LogP contribution in [0, 0.1) is 0 Å². The van der Waals surface area contributed by atoms with Crippen LogP contribution in [0.15, 0.2) is 12.2 Å². The molecule has 5 nitrogen and oxygen atoms in total. The van der Waals surface area contributed by atoms with Crippen molar-refractivity contribution in [3.63, 3.8) is 0 Å². The predicted octanol–water partition coefficient (Wildman–Crippen LogP) is -0.473. The molecule has 56 valence electrons. The van der Waals surface area contributed by atoms with E-state index in [1.807, 2.05) is 6.79 Å². The molecule has 0 aliphatic carbocycles. The number of aliphatic carboxylic acids is 2. The normalized spacial score (nSPS) is 8.00. The molecule has 2 N–H and O–H groups in total. The lowest BCUT2D eigenvalue weighted by Gasteiger charge is -1.74. The summed E-state index contributed by atoms with van der Waals surface area (Å²) >= 11 is 0. The molecular weight excluding hydrogens is 140 g/mol. The second kappa shape index (κ2) is 7.35. The third kappa shape index (κ3) is 16.2. The molecule has 0 saturated carbocycles. The summed E-state index contributed by atoms with van der Waals surface area (Å²) in [7, 11) is 0. The molecule has 0 bridgehead atoms. The number of carboxylic acids is 2. The van der Waals surface area contributed by atoms with Gasteiger partial charge in [-0.3, -0.25) is 0 Å². The third-order valence-electron chi connectivity index (χ3n) is 0.368. The number of hydrogen-bond acceptors (Lipinski definition) is 3. The van der Waals surface area contributed by atoms with Crippen LogP contribution in [0.5, 0.6) is 0 Å². The molecule has 0 amide bonds. The van der Waals surface area contributed by atoms with Crippen molar-refractivity contribution in [1.29, 1.82) is 0 Å². The fraction of sp³-hybridized carbons (Fsp3) is 0. The van der Waals surface area contributed by atoms with Gasteiger partial charge in [0.15, 0.2) is 0 Å². The van der Waals surface area contributed by atoms with Crippen LogP contribution in [-0.2, 0) is 14.4 Å². The largest absolute Gasteiger partial charge is 0.478 e. The number of hydrogen-bond donors (Lipinski definition) is 2. The summed E-state index contributed by atoms with van der Waals surface area (Å²) < 4.78 is 0. The minimum atomic E-state index is -1.26. The Morgan fingerprint density at radius 3 is 1.30 bits per heavy atom. The van der Waals surface area contributed by atoms with Gasteiger partial charge in [-0.05, 0) is 0 Å². The third-order valence-corrected chi connectivity index (χ3v) is 0.368. The molecule has 0 saturated heterocycles. The van der Waals surface area contributed by atoms with Crippen molar-refractivity contribution >= 4 is 18.7 Å². The molecular formula is C5H6O5. The standard InChI is InChI=1S/C4H4O4.CH2O/c5-3(6)1-2-4(7)8;1-2/h1-2H,(H,5,6)(H,7,8);1H2/b2-1-;. The summed E-state index contributed by atoms with van der Waals surface area (Å²) in [6.07, 6.45) is 1.12. The van der Waals surface area contributed by atoms with Gasteiger partial charge in [0.2, 0.25) is 0 Å². The Kier molecular flexibility index (Phi) is 8.22. The highest BCUT2D eigenvalue weighted by Crippen LogP contribution is 1.70. The van der Waals surface area contributed by atoms with Crippen molar-refractivity contribution in [2.75, 3.05) is 0 Å². The monoisotopic (exact) mass is 146 g/mol. The summed E-state index contributed by atoms with van der Waals surface area (Å²) in [5.41, 5.74) is 0. The molecule has 0 aromatic rings. The summed E-state index contributed by atoms with van der Waals surface area (Å²) in [6.45, 7) is 2.00. The van der Waals surface area contributed by atoms with E-state index in [4.69, 9.17) is 15.0 Å². The van der Waals surface area contributed by atoms with E-state index in [2.05, 4.69) is 0 Å². The molecule has 0 unspecified atom stereocenters. The average molecular weight is 146 g/mol. The van der Waals surface area contributed by atoms with Gasteiger partial charge in [-0.25, -0.2) is 9.59 Å². The quantitative estimate of drug-likeness (QED) is 0.513. The minimum absolute atomic E-state index is 0.558. The van der Waals surface area contributed by atoms with Crippen molar-refractivity contribution in [2.45, 2.75) is 0 Å². The molecule has 0 aliphatic heterocycles. The number of carbonyl (C=O) groups excluding carboxylic acids is 1. The Labute approximate surface area is 56.6 Å². The molecule has 0 rings (SSSR count). The highest BCUT2D eigenvalue weighted by Gasteiger charge is 1.88. The average Bonchev–Trinajstić information content (AvgIpc) is 1.89. The van der Waals surface area contributed by atoms with Crippen LogP contribution in [0.25, 0.3) is 0 Å². The Morgan fingerprint density at radius 2 is 1.20 bits per heavy atom. The van der Waals surface area contributed by atoms with Crippen molar-refractivity contribution in [3.05, 3.63) is 12.2 Å². The summed E-state index contributed by atoms with van der Waals surface area (Å²) in [6, 6.07) is 0. The molecule has 0 aromatic carbocycles. The van der Waals surface area contributed by atoms with Gasteiger partial charge < -0.3 is 15.0 Å². The van der Waals surface area contributed by atoms with E-state index in [0.29, 0.717) is 12.2 Å². The van der Waals surface area contributed by atoms with E-state index in [9.17, 15) is 9.59 Å². The SMILES string of the molecule is C=O.O=C(O)/C=C\C(=O)O. The zero-order valence-corrected chi connectivity index (χ0v) is 4.98. The van der Waals surface area contributed by atoms with Crippen LogP contribution in [-0.4, -0.2) is 28.9 Å². The first kappa shape index (κ1) is 11.2. The first-order chi connectivity index (χ1) is 4.63. The van der Waals surface area contributed by atoms with E-state index in [1.54, 1.807) is 0 Å². The maximum atomic E-state index is 9.55. The fourth-order valence-electron chi connectivity index (χ4n) is 0.143. The lowest BCUT2D eigenvalue weighted by Crippen LogP contribution is -1.91. The summed E-state index contributed by atoms with van der Waals surface area (Å²) in [5, 5.41) is 15.6. The van der Waals surface area contributed by atoms with Crippen molar-refractivity contribution in [1.82, 2.24) is 0 Å². The van der Waals surface area contributed by atoms with E-state index in [0.717, 1.165) is 0 Å². The first-order valence-electron chi connectivity index (χ1n) is 2.05. The molecule has 5 heteroatoms. The van der Waals surface area contributed by atoms with Gasteiger partial charge in [0.05, 0.1) is 0 Å². The second-order valence-corrected chi connectivity index (χ2v) is 1.01. The Balaban J connectivity index is 0. The lowest BCUT2D eigenvalue weighted by molar-refractivity contribution is -0.134. The van der Waals surface area contributed by atoms with Crippen LogP contribution in [0.3, 0.4) is 0 Å².